The Bertz CT molecular complexity index is 1020. The van der Waals surface area contributed by atoms with Crippen molar-refractivity contribution in [2.24, 2.45) is 0 Å². The smallest absolute Gasteiger partial charge is 0.325 e. The van der Waals surface area contributed by atoms with Crippen LogP contribution >= 0.6 is 11.3 Å². The highest BCUT2D eigenvalue weighted by Crippen LogP contribution is 2.30. The molecule has 0 bridgehead atoms. The van der Waals surface area contributed by atoms with Gasteiger partial charge in [-0.1, -0.05) is 17.7 Å². The first-order valence-electron chi connectivity index (χ1n) is 8.62. The van der Waals surface area contributed by atoms with Crippen LogP contribution in [0, 0.1) is 6.92 Å². The van der Waals surface area contributed by atoms with Crippen molar-refractivity contribution in [3.8, 4) is 11.5 Å². The highest BCUT2D eigenvalue weighted by molar-refractivity contribution is 7.14. The van der Waals surface area contributed by atoms with Gasteiger partial charge in [0.2, 0.25) is 0 Å². The minimum atomic E-state index is -0.435. The lowest BCUT2D eigenvalue weighted by atomic mass is 10.2. The molecule has 2 aromatic carbocycles. The maximum absolute atomic E-state index is 12.4. The van der Waals surface area contributed by atoms with E-state index < -0.39 is 11.9 Å². The highest BCUT2D eigenvalue weighted by atomic mass is 32.1. The number of aromatic nitrogens is 1. The molecular weight excluding hydrogens is 392 g/mol. The summed E-state index contributed by atoms with van der Waals surface area (Å²) in [4.78, 5) is 28.7. The number of carbonyl (C=O) groups excluding carboxylic acids is 2. The molecule has 0 spiro atoms. The Kier molecular flexibility index (Phi) is 6.30. The molecule has 0 radical (unpaired) electrons. The second-order valence-corrected chi connectivity index (χ2v) is 6.87. The maximum atomic E-state index is 12.4. The molecule has 0 unspecified atom stereocenters. The average molecular weight is 412 g/mol. The summed E-state index contributed by atoms with van der Waals surface area (Å²) >= 11 is 1.15. The summed E-state index contributed by atoms with van der Waals surface area (Å²) in [5.41, 5.74) is 2.49. The fourth-order valence-corrected chi connectivity index (χ4v) is 3.13. The third kappa shape index (κ3) is 5.23. The molecule has 1 heterocycles. The van der Waals surface area contributed by atoms with Gasteiger partial charge >= 0.3 is 6.03 Å². The lowest BCUT2D eigenvalue weighted by Crippen LogP contribution is -2.19. The van der Waals surface area contributed by atoms with Gasteiger partial charge < -0.3 is 20.1 Å². The molecule has 8 nitrogen and oxygen atoms in total. The number of aryl methyl sites for hydroxylation is 1. The zero-order valence-corrected chi connectivity index (χ0v) is 16.9. The molecule has 0 fully saturated rings. The van der Waals surface area contributed by atoms with Gasteiger partial charge in [0.1, 0.15) is 5.69 Å². The van der Waals surface area contributed by atoms with E-state index in [1.807, 2.05) is 19.1 Å². The monoisotopic (exact) mass is 412 g/mol. The van der Waals surface area contributed by atoms with Crippen LogP contribution in [0.15, 0.2) is 47.8 Å². The van der Waals surface area contributed by atoms with Crippen molar-refractivity contribution in [1.82, 2.24) is 4.98 Å². The minimum absolute atomic E-state index is 0.190. The molecule has 3 N–H and O–H groups in total. The summed E-state index contributed by atoms with van der Waals surface area (Å²) in [6.45, 7) is 1.97. The van der Waals surface area contributed by atoms with Crippen LogP contribution in [-0.2, 0) is 0 Å². The summed E-state index contributed by atoms with van der Waals surface area (Å²) < 4.78 is 10.4. The Labute approximate surface area is 171 Å². The number of hydrogen-bond donors (Lipinski definition) is 3. The maximum Gasteiger partial charge on any atom is 0.325 e. The molecular formula is C20H20N4O4S. The molecule has 0 saturated heterocycles. The van der Waals surface area contributed by atoms with Crippen molar-refractivity contribution in [2.75, 3.05) is 30.2 Å². The van der Waals surface area contributed by atoms with E-state index >= 15 is 0 Å². The van der Waals surface area contributed by atoms with Crippen molar-refractivity contribution in [3.63, 3.8) is 0 Å². The number of hydrogen-bond acceptors (Lipinski definition) is 6. The van der Waals surface area contributed by atoms with E-state index in [0.717, 1.165) is 16.9 Å². The van der Waals surface area contributed by atoms with Crippen LogP contribution in [-0.4, -0.2) is 31.1 Å². The topological polar surface area (TPSA) is 102 Å². The number of rotatable bonds is 6. The molecule has 0 atom stereocenters. The molecule has 9 heteroatoms. The molecule has 0 aliphatic rings. The summed E-state index contributed by atoms with van der Waals surface area (Å²) in [5, 5.41) is 9.94. The fraction of sp³-hybridized carbons (Fsp3) is 0.150. The van der Waals surface area contributed by atoms with Crippen molar-refractivity contribution in [3.05, 3.63) is 59.1 Å². The van der Waals surface area contributed by atoms with E-state index in [9.17, 15) is 9.59 Å². The van der Waals surface area contributed by atoms with Crippen LogP contribution in [0.4, 0.5) is 21.3 Å². The number of nitrogens with one attached hydrogen (secondary N) is 3. The van der Waals surface area contributed by atoms with E-state index in [2.05, 4.69) is 20.9 Å². The Hall–Kier alpha value is -3.59. The Morgan fingerprint density at radius 1 is 0.897 bits per heavy atom. The fourth-order valence-electron chi connectivity index (χ4n) is 2.44. The van der Waals surface area contributed by atoms with Crippen LogP contribution in [0.5, 0.6) is 11.5 Å². The van der Waals surface area contributed by atoms with Crippen molar-refractivity contribution < 1.29 is 19.1 Å². The number of urea groups is 1. The van der Waals surface area contributed by atoms with Crippen molar-refractivity contribution in [1.29, 1.82) is 0 Å². The van der Waals surface area contributed by atoms with Crippen LogP contribution in [0.3, 0.4) is 0 Å². The van der Waals surface area contributed by atoms with E-state index in [1.165, 1.54) is 14.2 Å². The molecule has 3 aromatic rings. The summed E-state index contributed by atoms with van der Waals surface area (Å²) in [7, 11) is 3.05. The number of anilines is 3. The van der Waals surface area contributed by atoms with Crippen LogP contribution in [0.1, 0.15) is 16.1 Å². The Balaban J connectivity index is 1.61. The van der Waals surface area contributed by atoms with Crippen LogP contribution < -0.4 is 25.4 Å². The molecule has 1 aromatic heterocycles. The van der Waals surface area contributed by atoms with Gasteiger partial charge in [-0.05, 0) is 31.2 Å². The predicted octanol–water partition coefficient (Wildman–Crippen LogP) is 4.37. The SMILES string of the molecule is COc1ccc(NC(=O)c2csc(NC(=O)Nc3ccc(C)cc3)n2)cc1OC. The predicted molar refractivity (Wildman–Crippen MR) is 113 cm³/mol. The summed E-state index contributed by atoms with van der Waals surface area (Å²) in [6, 6.07) is 12.0. The molecule has 0 saturated carbocycles. The van der Waals surface area contributed by atoms with Gasteiger partial charge in [-0.2, -0.15) is 0 Å². The average Bonchev–Trinajstić information content (AvgIpc) is 3.18. The first-order valence-corrected chi connectivity index (χ1v) is 9.50. The lowest BCUT2D eigenvalue weighted by Gasteiger charge is -2.10. The first-order chi connectivity index (χ1) is 14.0. The van der Waals surface area contributed by atoms with E-state index in [1.54, 1.807) is 35.7 Å². The van der Waals surface area contributed by atoms with Crippen molar-refractivity contribution >= 4 is 39.8 Å². The third-order valence-electron chi connectivity index (χ3n) is 3.91. The zero-order chi connectivity index (χ0) is 20.8. The number of ether oxygens (including phenoxy) is 2. The largest absolute Gasteiger partial charge is 0.493 e. The molecule has 3 rings (SSSR count). The number of thiazole rings is 1. The second kappa shape index (κ2) is 9.07. The van der Waals surface area contributed by atoms with Gasteiger partial charge in [0.25, 0.3) is 5.91 Å². The molecule has 3 amide bonds. The van der Waals surface area contributed by atoms with Gasteiger partial charge in [0.15, 0.2) is 16.6 Å². The van der Waals surface area contributed by atoms with E-state index in [0.29, 0.717) is 28.0 Å². The number of carbonyl (C=O) groups is 2. The van der Waals surface area contributed by atoms with Gasteiger partial charge in [-0.15, -0.1) is 11.3 Å². The number of methoxy groups -OCH3 is 2. The molecule has 150 valence electrons. The number of benzene rings is 2. The first kappa shape index (κ1) is 20.2. The van der Waals surface area contributed by atoms with Gasteiger partial charge in [-0.3, -0.25) is 10.1 Å². The van der Waals surface area contributed by atoms with Gasteiger partial charge in [0, 0.05) is 22.8 Å². The number of nitrogens with zero attached hydrogens (tertiary/aromatic N) is 1. The van der Waals surface area contributed by atoms with Crippen LogP contribution in [0.2, 0.25) is 0 Å². The number of amides is 3. The lowest BCUT2D eigenvalue weighted by molar-refractivity contribution is 0.102. The van der Waals surface area contributed by atoms with E-state index in [4.69, 9.17) is 9.47 Å². The molecule has 29 heavy (non-hydrogen) atoms. The zero-order valence-electron chi connectivity index (χ0n) is 16.1. The van der Waals surface area contributed by atoms with Gasteiger partial charge in [-0.25, -0.2) is 9.78 Å². The second-order valence-electron chi connectivity index (χ2n) is 6.01. The third-order valence-corrected chi connectivity index (χ3v) is 4.67. The summed E-state index contributed by atoms with van der Waals surface area (Å²) in [6.07, 6.45) is 0. The Morgan fingerprint density at radius 2 is 1.59 bits per heavy atom. The highest BCUT2D eigenvalue weighted by Gasteiger charge is 2.14. The van der Waals surface area contributed by atoms with Crippen molar-refractivity contribution in [2.45, 2.75) is 6.92 Å². The minimum Gasteiger partial charge on any atom is -0.493 e. The molecule has 0 aliphatic heterocycles. The quantitative estimate of drug-likeness (QED) is 0.558. The van der Waals surface area contributed by atoms with E-state index in [-0.39, 0.29) is 5.69 Å². The molecule has 0 aliphatic carbocycles. The van der Waals surface area contributed by atoms with Crippen LogP contribution in [0.25, 0.3) is 0 Å². The normalized spacial score (nSPS) is 10.2. The summed E-state index contributed by atoms with van der Waals surface area (Å²) in [5.74, 6) is 0.657. The van der Waals surface area contributed by atoms with Gasteiger partial charge in [0.05, 0.1) is 14.2 Å². The standard InChI is InChI=1S/C20H20N4O4S/c1-12-4-6-13(7-5-12)22-19(26)24-20-23-15(11-29-20)18(25)21-14-8-9-16(27-2)17(10-14)28-3/h4-11H,1-3H3,(H,21,25)(H2,22,23,24,26). The Morgan fingerprint density at radius 3 is 2.28 bits per heavy atom.